The summed E-state index contributed by atoms with van der Waals surface area (Å²) in [5.41, 5.74) is 0. The predicted octanol–water partition coefficient (Wildman–Crippen LogP) is 0.586. The molecule has 2 nitrogen and oxygen atoms in total. The molecule has 0 saturated heterocycles. The molecule has 42 valence electrons. The molecule has 0 amide bonds. The molecule has 0 saturated carbocycles. The molecule has 0 aliphatic carbocycles. The van der Waals surface area contributed by atoms with Gasteiger partial charge in [0.15, 0.2) is 0 Å². The fourth-order valence-corrected chi connectivity index (χ4v) is 0.516. The number of nitrogens with zero attached hydrogens (tertiary/aromatic N) is 1. The topological polar surface area (TPSA) is 24.4 Å². The standard InChI is InChI=1S/C4H8N2.BrH/c1-4-5-2-3-6-4;/h2-3H2,1H3,(H,5,6);1H. The molecule has 1 rings (SSSR count). The van der Waals surface area contributed by atoms with E-state index in [4.69, 9.17) is 0 Å². The van der Waals surface area contributed by atoms with Crippen LogP contribution in [0.25, 0.3) is 0 Å². The summed E-state index contributed by atoms with van der Waals surface area (Å²) < 4.78 is 0. The zero-order valence-electron chi connectivity index (χ0n) is 4.27. The Bertz CT molecular complexity index is 79.8. The molecule has 3 heteroatoms. The SMILES string of the molecule is Br.CC1=NCCN1. The van der Waals surface area contributed by atoms with Gasteiger partial charge in [-0.3, -0.25) is 4.99 Å². The Labute approximate surface area is 53.8 Å². The Morgan fingerprint density at radius 3 is 2.57 bits per heavy atom. The quantitative estimate of drug-likeness (QED) is 0.558. The molecule has 1 aliphatic heterocycles. The molecule has 1 aliphatic rings. The van der Waals surface area contributed by atoms with Gasteiger partial charge in [0.05, 0.1) is 12.4 Å². The average Bonchev–Trinajstić information content (AvgIpc) is 1.86. The van der Waals surface area contributed by atoms with E-state index in [0.29, 0.717) is 0 Å². The molecule has 7 heavy (non-hydrogen) atoms. The summed E-state index contributed by atoms with van der Waals surface area (Å²) in [6.45, 7) is 3.98. The van der Waals surface area contributed by atoms with Crippen molar-refractivity contribution in [1.82, 2.24) is 5.32 Å². The third-order valence-electron chi connectivity index (χ3n) is 0.842. The minimum Gasteiger partial charge on any atom is -0.372 e. The second kappa shape index (κ2) is 3.02. The van der Waals surface area contributed by atoms with Crippen LogP contribution in [0.15, 0.2) is 4.99 Å². The lowest BCUT2D eigenvalue weighted by molar-refractivity contribution is 0.958. The van der Waals surface area contributed by atoms with Gasteiger partial charge in [-0.2, -0.15) is 0 Å². The van der Waals surface area contributed by atoms with Crippen molar-refractivity contribution >= 4 is 22.8 Å². The van der Waals surface area contributed by atoms with Gasteiger partial charge >= 0.3 is 0 Å². The van der Waals surface area contributed by atoms with Gasteiger partial charge < -0.3 is 5.32 Å². The Hall–Kier alpha value is -0.0500. The van der Waals surface area contributed by atoms with Gasteiger partial charge in [0.1, 0.15) is 0 Å². The highest BCUT2D eigenvalue weighted by atomic mass is 79.9. The first-order valence-electron chi connectivity index (χ1n) is 2.14. The minimum absolute atomic E-state index is 0. The molecular weight excluding hydrogens is 156 g/mol. The molecule has 1 heterocycles. The first-order chi connectivity index (χ1) is 2.89. The lowest BCUT2D eigenvalue weighted by Crippen LogP contribution is -2.13. The Morgan fingerprint density at radius 1 is 1.71 bits per heavy atom. The van der Waals surface area contributed by atoms with E-state index < -0.39 is 0 Å². The van der Waals surface area contributed by atoms with Crippen LogP contribution in [0.2, 0.25) is 0 Å². The fourth-order valence-electron chi connectivity index (χ4n) is 0.516. The van der Waals surface area contributed by atoms with Gasteiger partial charge in [-0.05, 0) is 6.92 Å². The van der Waals surface area contributed by atoms with Crippen LogP contribution in [0.1, 0.15) is 6.92 Å². The van der Waals surface area contributed by atoms with Crippen molar-refractivity contribution in [2.75, 3.05) is 13.1 Å². The zero-order valence-corrected chi connectivity index (χ0v) is 5.98. The number of hydrogen-bond acceptors (Lipinski definition) is 2. The largest absolute Gasteiger partial charge is 0.372 e. The van der Waals surface area contributed by atoms with Crippen molar-refractivity contribution < 1.29 is 0 Å². The third-order valence-corrected chi connectivity index (χ3v) is 0.842. The lowest BCUT2D eigenvalue weighted by Gasteiger charge is -1.85. The first kappa shape index (κ1) is 6.95. The van der Waals surface area contributed by atoms with Crippen molar-refractivity contribution in [3.8, 4) is 0 Å². The van der Waals surface area contributed by atoms with Gasteiger partial charge in [-0.25, -0.2) is 0 Å². The Morgan fingerprint density at radius 2 is 2.43 bits per heavy atom. The number of aliphatic imine (C=N–C) groups is 1. The second-order valence-electron chi connectivity index (χ2n) is 1.39. The predicted molar refractivity (Wildman–Crippen MR) is 36.3 cm³/mol. The van der Waals surface area contributed by atoms with Gasteiger partial charge in [0.2, 0.25) is 0 Å². The second-order valence-corrected chi connectivity index (χ2v) is 1.39. The molecule has 0 aromatic heterocycles. The number of halogens is 1. The van der Waals surface area contributed by atoms with Crippen molar-refractivity contribution in [1.29, 1.82) is 0 Å². The van der Waals surface area contributed by atoms with E-state index in [1.165, 1.54) is 0 Å². The highest BCUT2D eigenvalue weighted by Crippen LogP contribution is 1.79. The maximum absolute atomic E-state index is 4.04. The monoisotopic (exact) mass is 164 g/mol. The molecule has 0 unspecified atom stereocenters. The Balaban J connectivity index is 0.000000360. The summed E-state index contributed by atoms with van der Waals surface area (Å²) >= 11 is 0. The third kappa shape index (κ3) is 1.92. The van der Waals surface area contributed by atoms with Crippen molar-refractivity contribution in [2.45, 2.75) is 6.92 Å². The van der Waals surface area contributed by atoms with Crippen LogP contribution in [-0.4, -0.2) is 18.9 Å². The van der Waals surface area contributed by atoms with Crippen molar-refractivity contribution in [3.63, 3.8) is 0 Å². The van der Waals surface area contributed by atoms with E-state index in [-0.39, 0.29) is 17.0 Å². The van der Waals surface area contributed by atoms with Crippen LogP contribution in [0.3, 0.4) is 0 Å². The van der Waals surface area contributed by atoms with Crippen molar-refractivity contribution in [3.05, 3.63) is 0 Å². The van der Waals surface area contributed by atoms with Gasteiger partial charge in [0, 0.05) is 6.54 Å². The summed E-state index contributed by atoms with van der Waals surface area (Å²) in [5, 5.41) is 3.07. The summed E-state index contributed by atoms with van der Waals surface area (Å²) in [5.74, 6) is 1.08. The smallest absolute Gasteiger partial charge is 0.0933 e. The molecule has 0 bridgehead atoms. The van der Waals surface area contributed by atoms with Gasteiger partial charge in [-0.1, -0.05) is 0 Å². The molecule has 0 aromatic carbocycles. The van der Waals surface area contributed by atoms with E-state index in [9.17, 15) is 0 Å². The van der Waals surface area contributed by atoms with Crippen LogP contribution in [0.4, 0.5) is 0 Å². The van der Waals surface area contributed by atoms with Crippen LogP contribution >= 0.6 is 17.0 Å². The maximum atomic E-state index is 4.04. The summed E-state index contributed by atoms with van der Waals surface area (Å²) in [6.07, 6.45) is 0. The number of rotatable bonds is 0. The highest BCUT2D eigenvalue weighted by Gasteiger charge is 1.93. The lowest BCUT2D eigenvalue weighted by atomic mass is 10.7. The molecule has 0 radical (unpaired) electrons. The van der Waals surface area contributed by atoms with E-state index in [2.05, 4.69) is 10.3 Å². The highest BCUT2D eigenvalue weighted by molar-refractivity contribution is 8.93. The van der Waals surface area contributed by atoms with Crippen LogP contribution in [0, 0.1) is 0 Å². The maximum Gasteiger partial charge on any atom is 0.0933 e. The molecule has 1 N–H and O–H groups in total. The summed E-state index contributed by atoms with van der Waals surface area (Å²) in [7, 11) is 0. The summed E-state index contributed by atoms with van der Waals surface area (Å²) in [4.78, 5) is 4.04. The van der Waals surface area contributed by atoms with Gasteiger partial charge in [0.25, 0.3) is 0 Å². The molecule has 0 aromatic rings. The van der Waals surface area contributed by atoms with E-state index >= 15 is 0 Å². The summed E-state index contributed by atoms with van der Waals surface area (Å²) in [6, 6.07) is 0. The number of hydrogen-bond donors (Lipinski definition) is 1. The van der Waals surface area contributed by atoms with E-state index in [1.807, 2.05) is 6.92 Å². The van der Waals surface area contributed by atoms with E-state index in [0.717, 1.165) is 18.9 Å². The van der Waals surface area contributed by atoms with Crippen molar-refractivity contribution in [2.24, 2.45) is 4.99 Å². The van der Waals surface area contributed by atoms with Crippen LogP contribution < -0.4 is 5.32 Å². The average molecular weight is 165 g/mol. The molecular formula is C4H9BrN2. The molecule has 0 fully saturated rings. The molecule has 0 spiro atoms. The minimum atomic E-state index is 0. The van der Waals surface area contributed by atoms with E-state index in [1.54, 1.807) is 0 Å². The number of nitrogens with one attached hydrogen (secondary N) is 1. The fraction of sp³-hybridized carbons (Fsp3) is 0.750. The van der Waals surface area contributed by atoms with Crippen LogP contribution in [-0.2, 0) is 0 Å². The first-order valence-corrected chi connectivity index (χ1v) is 2.14. The van der Waals surface area contributed by atoms with Crippen LogP contribution in [0.5, 0.6) is 0 Å². The Kier molecular flexibility index (Phi) is 3.00. The number of amidine groups is 1. The van der Waals surface area contributed by atoms with Gasteiger partial charge in [-0.15, -0.1) is 17.0 Å². The zero-order chi connectivity index (χ0) is 4.41. The normalized spacial score (nSPS) is 17.0. The molecule has 0 atom stereocenters.